The Morgan fingerprint density at radius 3 is 1.12 bits per heavy atom. The van der Waals surface area contributed by atoms with Gasteiger partial charge in [-0.2, -0.15) is 48.3 Å². The molecule has 0 saturated heterocycles. The molecule has 0 saturated carbocycles. The van der Waals surface area contributed by atoms with Gasteiger partial charge in [0.2, 0.25) is 0 Å². The summed E-state index contributed by atoms with van der Waals surface area (Å²) in [7, 11) is 0. The Hall–Kier alpha value is -1.83. The fraction of sp³-hybridized carbons (Fsp3) is 0.923. The number of halogens is 11. The molecule has 0 spiro atoms. The number of ether oxygens (including phenoxy) is 2. The predicted molar refractivity (Wildman–Crippen MR) is 138 cm³/mol. The SMILES string of the molecule is C.C.C.C.CCC(C)(C)C(=O)OC(C)(C)C.CCC(C)(C)C(=O)OCC(F)(F)C(F)(F)C(F)(F)C(F)(F)C(F)(F)F. The fourth-order valence-electron chi connectivity index (χ4n) is 1.75. The van der Waals surface area contributed by atoms with Crippen LogP contribution >= 0.6 is 0 Å². The van der Waals surface area contributed by atoms with E-state index in [0.29, 0.717) is 0 Å². The van der Waals surface area contributed by atoms with Gasteiger partial charge in [0.1, 0.15) is 5.60 Å². The molecule has 0 aromatic heterocycles. The summed E-state index contributed by atoms with van der Waals surface area (Å²) in [4.78, 5) is 22.8. The number of hydrogen-bond donors (Lipinski definition) is 0. The maximum atomic E-state index is 13.3. The minimum absolute atomic E-state index is 0. The first-order chi connectivity index (χ1) is 15.9. The monoisotopic (exact) mass is 634 g/mol. The predicted octanol–water partition coefficient (Wildman–Crippen LogP) is 10.4. The Balaban J connectivity index is -0.000000164. The van der Waals surface area contributed by atoms with E-state index in [1.807, 2.05) is 41.5 Å². The summed E-state index contributed by atoms with van der Waals surface area (Å²) in [5.41, 5.74) is -2.24. The highest BCUT2D eigenvalue weighted by Gasteiger charge is 2.87. The first-order valence-corrected chi connectivity index (χ1v) is 10.9. The largest absolute Gasteiger partial charge is 0.460 e. The van der Waals surface area contributed by atoms with Crippen LogP contribution in [-0.2, 0) is 19.1 Å². The van der Waals surface area contributed by atoms with Gasteiger partial charge in [-0.05, 0) is 61.3 Å². The average molecular weight is 635 g/mol. The molecule has 0 heterocycles. The van der Waals surface area contributed by atoms with Gasteiger partial charge in [0, 0.05) is 0 Å². The molecule has 254 valence electrons. The first-order valence-electron chi connectivity index (χ1n) is 10.9. The number of esters is 2. The van der Waals surface area contributed by atoms with E-state index >= 15 is 0 Å². The number of carbonyl (C=O) groups excluding carboxylic acids is 2. The van der Waals surface area contributed by atoms with Gasteiger partial charge in [-0.25, -0.2) is 0 Å². The highest BCUT2D eigenvalue weighted by Crippen LogP contribution is 2.57. The van der Waals surface area contributed by atoms with Gasteiger partial charge in [0.25, 0.3) is 0 Å². The van der Waals surface area contributed by atoms with Crippen molar-refractivity contribution in [3.05, 3.63) is 0 Å². The van der Waals surface area contributed by atoms with Crippen molar-refractivity contribution in [3.8, 4) is 0 Å². The first kappa shape index (κ1) is 51.9. The Kier molecular flexibility index (Phi) is 20.4. The second kappa shape index (κ2) is 16.1. The molecule has 0 radical (unpaired) electrons. The van der Waals surface area contributed by atoms with Crippen LogP contribution in [0.2, 0.25) is 0 Å². The van der Waals surface area contributed by atoms with Crippen LogP contribution in [0.15, 0.2) is 0 Å². The lowest BCUT2D eigenvalue weighted by Gasteiger charge is -2.37. The second-order valence-corrected chi connectivity index (χ2v) is 10.5. The van der Waals surface area contributed by atoms with Crippen LogP contribution in [0, 0.1) is 10.8 Å². The lowest BCUT2D eigenvalue weighted by atomic mass is 9.90. The topological polar surface area (TPSA) is 52.6 Å². The Morgan fingerprint density at radius 1 is 0.537 bits per heavy atom. The van der Waals surface area contributed by atoms with Crippen LogP contribution in [0.5, 0.6) is 0 Å². The molecule has 0 amide bonds. The third-order valence-electron chi connectivity index (χ3n) is 5.26. The third-order valence-corrected chi connectivity index (χ3v) is 5.26. The van der Waals surface area contributed by atoms with Crippen molar-refractivity contribution in [2.45, 2.75) is 140 Å². The minimum Gasteiger partial charge on any atom is -0.460 e. The molecule has 0 aliphatic heterocycles. The van der Waals surface area contributed by atoms with Crippen molar-refractivity contribution in [1.29, 1.82) is 0 Å². The number of rotatable bonds is 9. The lowest BCUT2D eigenvalue weighted by Crippen LogP contribution is -2.67. The zero-order valence-corrected chi connectivity index (χ0v) is 21.9. The van der Waals surface area contributed by atoms with Crippen LogP contribution in [0.1, 0.15) is 105 Å². The maximum absolute atomic E-state index is 13.3. The molecule has 15 heteroatoms. The van der Waals surface area contributed by atoms with E-state index in [9.17, 15) is 57.9 Å². The molecule has 41 heavy (non-hydrogen) atoms. The van der Waals surface area contributed by atoms with E-state index in [1.165, 1.54) is 6.92 Å². The van der Waals surface area contributed by atoms with E-state index in [4.69, 9.17) is 4.74 Å². The third kappa shape index (κ3) is 12.5. The van der Waals surface area contributed by atoms with E-state index in [-0.39, 0.29) is 53.1 Å². The van der Waals surface area contributed by atoms with Crippen LogP contribution in [0.4, 0.5) is 48.3 Å². The summed E-state index contributed by atoms with van der Waals surface area (Å²) < 4.78 is 148. The smallest absolute Gasteiger partial charge is 0.460 e. The molecule has 0 aromatic carbocycles. The summed E-state index contributed by atoms with van der Waals surface area (Å²) in [5, 5.41) is 0. The van der Waals surface area contributed by atoms with Gasteiger partial charge in [-0.1, -0.05) is 43.6 Å². The van der Waals surface area contributed by atoms with Crippen LogP contribution in [0.3, 0.4) is 0 Å². The zero-order chi connectivity index (χ0) is 30.7. The molecular weight excluding hydrogens is 585 g/mol. The summed E-state index contributed by atoms with van der Waals surface area (Å²) in [6, 6.07) is 0. The van der Waals surface area contributed by atoms with Gasteiger partial charge in [0.05, 0.1) is 10.8 Å². The number of alkyl halides is 11. The normalized spacial score (nSPS) is 13.1. The summed E-state index contributed by atoms with van der Waals surface area (Å²) >= 11 is 0. The summed E-state index contributed by atoms with van der Waals surface area (Å²) in [6.07, 6.45) is -6.48. The van der Waals surface area contributed by atoms with Crippen molar-refractivity contribution in [2.75, 3.05) is 6.61 Å². The molecular formula is C26H49F11O4. The van der Waals surface area contributed by atoms with Crippen molar-refractivity contribution >= 4 is 11.9 Å². The molecule has 0 aliphatic carbocycles. The summed E-state index contributed by atoms with van der Waals surface area (Å²) in [5.74, 6) is -30.0. The Labute approximate surface area is 237 Å². The van der Waals surface area contributed by atoms with E-state index in [0.717, 1.165) is 20.3 Å². The van der Waals surface area contributed by atoms with E-state index in [1.54, 1.807) is 0 Å². The molecule has 0 bridgehead atoms. The zero-order valence-electron chi connectivity index (χ0n) is 21.9. The van der Waals surface area contributed by atoms with Crippen molar-refractivity contribution < 1.29 is 67.4 Å². The molecule has 0 unspecified atom stereocenters. The Bertz CT molecular complexity index is 783. The fourth-order valence-corrected chi connectivity index (χ4v) is 1.75. The maximum Gasteiger partial charge on any atom is 0.460 e. The lowest BCUT2D eigenvalue weighted by molar-refractivity contribution is -0.424. The minimum atomic E-state index is -7.51. The molecule has 0 fully saturated rings. The Morgan fingerprint density at radius 2 is 0.854 bits per heavy atom. The van der Waals surface area contributed by atoms with E-state index < -0.39 is 47.9 Å². The molecule has 4 nitrogen and oxygen atoms in total. The second-order valence-electron chi connectivity index (χ2n) is 10.5. The molecule has 0 N–H and O–H groups in total. The van der Waals surface area contributed by atoms with Crippen LogP contribution in [-0.4, -0.2) is 54.0 Å². The van der Waals surface area contributed by atoms with Crippen molar-refractivity contribution in [2.24, 2.45) is 10.8 Å². The van der Waals surface area contributed by atoms with E-state index in [2.05, 4.69) is 4.74 Å². The van der Waals surface area contributed by atoms with Gasteiger partial charge in [0.15, 0.2) is 6.61 Å². The highest BCUT2D eigenvalue weighted by atomic mass is 19.4. The molecule has 0 rings (SSSR count). The van der Waals surface area contributed by atoms with Gasteiger partial charge < -0.3 is 9.47 Å². The van der Waals surface area contributed by atoms with Crippen LogP contribution in [0.25, 0.3) is 0 Å². The van der Waals surface area contributed by atoms with Crippen molar-refractivity contribution in [1.82, 2.24) is 0 Å². The van der Waals surface area contributed by atoms with Crippen LogP contribution < -0.4 is 0 Å². The standard InChI is InChI=1S/C12H13F11O2.C10H20O2.4CH4/c1-4-7(2,3)6(24)25-5-8(13,14)9(15,16)10(17,18)11(19,20)12(21,22)23;1-7-10(5,6)8(11)12-9(2,3)4;;;;/h4-5H2,1-3H3;7H2,1-6H3;4*1H4. The average Bonchev–Trinajstić information content (AvgIpc) is 2.69. The van der Waals surface area contributed by atoms with Gasteiger partial charge >= 0.3 is 41.8 Å². The molecule has 0 aliphatic rings. The van der Waals surface area contributed by atoms with Gasteiger partial charge in [-0.3, -0.25) is 9.59 Å². The highest BCUT2D eigenvalue weighted by molar-refractivity contribution is 5.76. The quantitative estimate of drug-likeness (QED) is 0.187. The molecule has 0 atom stereocenters. The van der Waals surface area contributed by atoms with Gasteiger partial charge in [-0.15, -0.1) is 0 Å². The molecule has 0 aromatic rings. The van der Waals surface area contributed by atoms with Crippen molar-refractivity contribution in [3.63, 3.8) is 0 Å². The number of carbonyl (C=O) groups is 2. The number of hydrogen-bond acceptors (Lipinski definition) is 4. The summed E-state index contributed by atoms with van der Waals surface area (Å²) in [6.45, 7) is 12.2.